The summed E-state index contributed by atoms with van der Waals surface area (Å²) in [4.78, 5) is 18.0. The maximum absolute atomic E-state index is 13.6. The molecule has 0 aliphatic heterocycles. The van der Waals surface area contributed by atoms with Gasteiger partial charge in [-0.15, -0.1) is 40.8 Å². The Labute approximate surface area is 840 Å². The monoisotopic (exact) mass is 2060 g/mol. The van der Waals surface area contributed by atoms with Crippen molar-refractivity contribution in [1.29, 1.82) is 0 Å². The molecule has 8 atom stereocenters. The van der Waals surface area contributed by atoms with E-state index in [1.54, 1.807) is 220 Å². The Morgan fingerprint density at radius 1 is 0.243 bits per heavy atom. The van der Waals surface area contributed by atoms with Crippen molar-refractivity contribution >= 4 is 39.3 Å². The molecule has 0 saturated heterocycles. The van der Waals surface area contributed by atoms with Crippen LogP contribution in [0.25, 0.3) is 68.8 Å². The summed E-state index contributed by atoms with van der Waals surface area (Å²) < 4.78 is 204. The van der Waals surface area contributed by atoms with E-state index in [2.05, 4.69) is 60.7 Å². The summed E-state index contributed by atoms with van der Waals surface area (Å²) in [6.45, 7) is 6.82. The van der Waals surface area contributed by atoms with Crippen LogP contribution in [-0.4, -0.2) is 272 Å². The molecule has 4 saturated carbocycles. The lowest BCUT2D eigenvalue weighted by Gasteiger charge is -2.36. The lowest BCUT2D eigenvalue weighted by molar-refractivity contribution is 0.0192. The predicted molar refractivity (Wildman–Crippen MR) is 538 cm³/mol. The SMILES string of the molecule is COc1cccc(-c2nnc(CS(=O)(=O)[C@@H](C)[C@H](OC)C3CCC3)n2-c2c(OC)cccc2OC)n1.COc1cccc(-c2nnc(CS(=O)(=O)[C@@H](C)[C@H](OC)C3CCC3)n2-c2c(OC)cccc2OC)n1.COc1cccc(-c2nnc(CS(=O)(=O)[C@H](C)[C@@H](OC)C3CCC3)n2-c2c(OC)cccc2OC)n1.COc1cccc(-c2nnc(CS(=O)(=O)[C@H](C)[C@H](OC)C3CCC3)n2-c2c(OC)cccc2OC)n1. The second-order valence-electron chi connectivity index (χ2n) is 35.0. The van der Waals surface area contributed by atoms with Crippen LogP contribution < -0.4 is 56.8 Å². The molecular formula is C100H128N16O24S4. The Morgan fingerprint density at radius 2 is 0.410 bits per heavy atom. The van der Waals surface area contributed by atoms with Gasteiger partial charge in [0.1, 0.15) is 115 Å². The fourth-order valence-corrected chi connectivity index (χ4v) is 24.5. The van der Waals surface area contributed by atoms with Crippen LogP contribution in [0.5, 0.6) is 69.5 Å². The fourth-order valence-electron chi connectivity index (χ4n) is 18.3. The summed E-state index contributed by atoms with van der Waals surface area (Å²) in [5.41, 5.74) is 3.73. The van der Waals surface area contributed by atoms with Gasteiger partial charge in [0, 0.05) is 52.7 Å². The fraction of sp³-hybridized carbons (Fsp3) is 0.480. The number of ether oxygens (including phenoxy) is 16. The lowest BCUT2D eigenvalue weighted by Crippen LogP contribution is -2.42. The van der Waals surface area contributed by atoms with Crippen molar-refractivity contribution in [3.63, 3.8) is 0 Å². The average Bonchev–Trinajstić information content (AvgIpc) is 1.61. The second kappa shape index (κ2) is 48.8. The van der Waals surface area contributed by atoms with Gasteiger partial charge in [0.05, 0.1) is 131 Å². The molecule has 144 heavy (non-hydrogen) atoms. The molecule has 4 aromatic carbocycles. The van der Waals surface area contributed by atoms with Crippen molar-refractivity contribution < 1.29 is 109 Å². The van der Waals surface area contributed by atoms with Gasteiger partial charge in [-0.25, -0.2) is 53.6 Å². The van der Waals surface area contributed by atoms with E-state index in [4.69, 9.17) is 75.8 Å². The maximum Gasteiger partial charge on any atom is 0.213 e. The van der Waals surface area contributed by atoms with Gasteiger partial charge in [-0.3, -0.25) is 18.3 Å². The first-order chi connectivity index (χ1) is 69.4. The maximum atomic E-state index is 13.6. The van der Waals surface area contributed by atoms with E-state index in [9.17, 15) is 33.7 Å². The molecule has 0 amide bonds. The molecule has 0 spiro atoms. The minimum absolute atomic E-state index is 0.215. The molecule has 40 nitrogen and oxygen atoms in total. The highest BCUT2D eigenvalue weighted by Crippen LogP contribution is 2.46. The Kier molecular flexibility index (Phi) is 36.8. The summed E-state index contributed by atoms with van der Waals surface area (Å²) in [5, 5.41) is 31.8. The number of sulfone groups is 4. The van der Waals surface area contributed by atoms with Crippen LogP contribution in [0, 0.1) is 23.7 Å². The Morgan fingerprint density at radius 3 is 0.549 bits per heavy atom. The van der Waals surface area contributed by atoms with Crippen molar-refractivity contribution in [2.45, 2.75) is 173 Å². The number of para-hydroxylation sites is 4. The summed E-state index contributed by atoms with van der Waals surface area (Å²) in [6.07, 6.45) is 10.6. The zero-order valence-electron chi connectivity index (χ0n) is 84.7. The standard InChI is InChI=1S/4C25H32N4O6S/c4*1-16(24(35-5)17-9-6-10-17)36(30,31)15-21-27-28-25(18-11-7-14-22(26-18)34-4)29(21)23-19(32-2)12-8-13-20(23)33-3/h4*7-8,11-14,16-17,24H,6,9-10,15H2,1-5H3/t16-,24+;3*16-,24-/m1100/s1. The van der Waals surface area contributed by atoms with E-state index in [0.717, 1.165) is 77.0 Å². The number of pyridine rings is 4. The van der Waals surface area contributed by atoms with Gasteiger partial charge in [-0.1, -0.05) is 74.2 Å². The smallest absolute Gasteiger partial charge is 0.213 e. The van der Waals surface area contributed by atoms with Crippen molar-refractivity contribution in [2.75, 3.05) is 114 Å². The molecule has 4 aliphatic carbocycles. The Hall–Kier alpha value is -12.7. The third-order valence-corrected chi connectivity index (χ3v) is 35.3. The molecule has 0 N–H and O–H groups in total. The van der Waals surface area contributed by atoms with Crippen LogP contribution >= 0.6 is 0 Å². The van der Waals surface area contributed by atoms with Crippen molar-refractivity contribution in [3.8, 4) is 138 Å². The van der Waals surface area contributed by atoms with Gasteiger partial charge in [0.25, 0.3) is 0 Å². The summed E-state index contributed by atoms with van der Waals surface area (Å²) in [7, 11) is 9.96. The quantitative estimate of drug-likeness (QED) is 0.0342. The van der Waals surface area contributed by atoms with Crippen LogP contribution in [0.4, 0.5) is 0 Å². The number of benzene rings is 4. The van der Waals surface area contributed by atoms with Gasteiger partial charge in [-0.05, 0) is 176 Å². The molecule has 12 aromatic rings. The van der Waals surface area contributed by atoms with E-state index in [0.29, 0.717) is 138 Å². The van der Waals surface area contributed by atoms with Gasteiger partial charge in [0.2, 0.25) is 23.5 Å². The third kappa shape index (κ3) is 23.8. The largest absolute Gasteiger partial charge is 0.494 e. The van der Waals surface area contributed by atoms with E-state index >= 15 is 0 Å². The first kappa shape index (κ1) is 109. The summed E-state index contributed by atoms with van der Waals surface area (Å²) in [5.74, 6) is 7.04. The van der Waals surface area contributed by atoms with Gasteiger partial charge in [0.15, 0.2) is 85.9 Å². The number of nitrogens with zero attached hydrogens (tertiary/aromatic N) is 16. The summed E-state index contributed by atoms with van der Waals surface area (Å²) >= 11 is 0. The Bertz CT molecular complexity index is 5940. The lowest BCUT2D eigenvalue weighted by atomic mass is 9.80. The molecule has 8 aromatic heterocycles. The van der Waals surface area contributed by atoms with Crippen molar-refractivity contribution in [2.24, 2.45) is 23.7 Å². The Balaban J connectivity index is 0.000000161. The highest BCUT2D eigenvalue weighted by atomic mass is 32.2. The molecule has 776 valence electrons. The predicted octanol–water partition coefficient (Wildman–Crippen LogP) is 13.9. The number of rotatable bonds is 44. The van der Waals surface area contributed by atoms with E-state index in [-0.39, 0.29) is 94.4 Å². The zero-order chi connectivity index (χ0) is 103. The number of hydrogen-bond donors (Lipinski definition) is 0. The molecule has 8 heterocycles. The van der Waals surface area contributed by atoms with Crippen LogP contribution in [0.1, 0.15) is 128 Å². The summed E-state index contributed by atoms with van der Waals surface area (Å²) in [6, 6.07) is 42.2. The molecule has 4 fully saturated rings. The minimum Gasteiger partial charge on any atom is -0.494 e. The van der Waals surface area contributed by atoms with Crippen LogP contribution in [0.2, 0.25) is 0 Å². The molecule has 0 unspecified atom stereocenters. The number of aromatic nitrogens is 16. The molecule has 0 bridgehead atoms. The first-order valence-electron chi connectivity index (χ1n) is 47.0. The third-order valence-electron chi connectivity index (χ3n) is 27.1. The van der Waals surface area contributed by atoms with E-state index in [1.807, 2.05) is 0 Å². The van der Waals surface area contributed by atoms with E-state index < -0.39 is 60.3 Å². The van der Waals surface area contributed by atoms with Crippen molar-refractivity contribution in [3.05, 3.63) is 169 Å². The number of hydrogen-bond acceptors (Lipinski definition) is 36. The minimum atomic E-state index is -3.67. The van der Waals surface area contributed by atoms with E-state index in [1.165, 1.54) is 85.3 Å². The molecule has 44 heteroatoms. The van der Waals surface area contributed by atoms with Crippen LogP contribution in [-0.2, 0) is 81.3 Å². The van der Waals surface area contributed by atoms with Gasteiger partial charge in [-0.2, -0.15) is 0 Å². The first-order valence-corrected chi connectivity index (χ1v) is 53.9. The highest BCUT2D eigenvalue weighted by Gasteiger charge is 2.45. The highest BCUT2D eigenvalue weighted by molar-refractivity contribution is 7.92. The molecule has 4 aliphatic rings. The van der Waals surface area contributed by atoms with Gasteiger partial charge < -0.3 is 75.8 Å². The average molecular weight is 2070 g/mol. The van der Waals surface area contributed by atoms with Crippen LogP contribution in [0.3, 0.4) is 0 Å². The normalized spacial score (nSPS) is 15.7. The van der Waals surface area contributed by atoms with Gasteiger partial charge >= 0.3 is 0 Å². The van der Waals surface area contributed by atoms with Crippen LogP contribution in [0.15, 0.2) is 146 Å². The molecular weight excluding hydrogens is 1940 g/mol. The second-order valence-corrected chi connectivity index (χ2v) is 44.5. The zero-order valence-corrected chi connectivity index (χ0v) is 88.0. The number of methoxy groups -OCH3 is 16. The topological polar surface area (TPSA) is 459 Å². The van der Waals surface area contributed by atoms with Crippen molar-refractivity contribution in [1.82, 2.24) is 79.0 Å². The molecule has 0 radical (unpaired) electrons. The molecule has 16 rings (SSSR count).